The van der Waals surface area contributed by atoms with Crippen molar-refractivity contribution in [1.29, 1.82) is 0 Å². The third-order valence-corrected chi connectivity index (χ3v) is 3.78. The number of rotatable bonds is 5. The second kappa shape index (κ2) is 6.74. The van der Waals surface area contributed by atoms with Crippen molar-refractivity contribution in [2.75, 3.05) is 13.2 Å². The minimum atomic E-state index is -0.605. The molecule has 0 saturated heterocycles. The SMILES string of the molecule is OC1c2ccccc2OCC1OCCCc1ccccc1. The highest BCUT2D eigenvalue weighted by Crippen LogP contribution is 2.32. The fourth-order valence-electron chi connectivity index (χ4n) is 2.61. The van der Waals surface area contributed by atoms with Gasteiger partial charge >= 0.3 is 0 Å². The number of aryl methyl sites for hydroxylation is 1. The van der Waals surface area contributed by atoms with Crippen LogP contribution >= 0.6 is 0 Å². The van der Waals surface area contributed by atoms with E-state index in [1.165, 1.54) is 5.56 Å². The number of aliphatic hydroxyl groups excluding tert-OH is 1. The highest BCUT2D eigenvalue weighted by Gasteiger charge is 2.29. The molecule has 1 aliphatic rings. The van der Waals surface area contributed by atoms with Gasteiger partial charge in [-0.1, -0.05) is 48.5 Å². The van der Waals surface area contributed by atoms with Crippen molar-refractivity contribution in [3.63, 3.8) is 0 Å². The molecule has 0 aliphatic carbocycles. The first-order chi connectivity index (χ1) is 10.3. The Hall–Kier alpha value is -1.84. The van der Waals surface area contributed by atoms with Crippen molar-refractivity contribution in [3.05, 3.63) is 65.7 Å². The smallest absolute Gasteiger partial charge is 0.125 e. The molecule has 21 heavy (non-hydrogen) atoms. The maximum atomic E-state index is 10.3. The minimum absolute atomic E-state index is 0.282. The van der Waals surface area contributed by atoms with E-state index in [2.05, 4.69) is 12.1 Å². The first kappa shape index (κ1) is 14.1. The zero-order valence-corrected chi connectivity index (χ0v) is 11.9. The maximum absolute atomic E-state index is 10.3. The quantitative estimate of drug-likeness (QED) is 0.857. The monoisotopic (exact) mass is 284 g/mol. The molecule has 1 N–H and O–H groups in total. The summed E-state index contributed by atoms with van der Waals surface area (Å²) in [6.45, 7) is 1.03. The van der Waals surface area contributed by atoms with Gasteiger partial charge in [-0.15, -0.1) is 0 Å². The van der Waals surface area contributed by atoms with E-state index in [0.717, 1.165) is 24.2 Å². The van der Waals surface area contributed by atoms with Crippen LogP contribution in [0.5, 0.6) is 5.75 Å². The van der Waals surface area contributed by atoms with Crippen LogP contribution in [0, 0.1) is 0 Å². The number of hydrogen-bond acceptors (Lipinski definition) is 3. The maximum Gasteiger partial charge on any atom is 0.125 e. The van der Waals surface area contributed by atoms with Crippen LogP contribution in [0.4, 0.5) is 0 Å². The van der Waals surface area contributed by atoms with Gasteiger partial charge < -0.3 is 14.6 Å². The van der Waals surface area contributed by atoms with Gasteiger partial charge in [0, 0.05) is 12.2 Å². The van der Waals surface area contributed by atoms with Gasteiger partial charge in [-0.25, -0.2) is 0 Å². The molecule has 0 fully saturated rings. The van der Waals surface area contributed by atoms with Crippen LogP contribution in [0.3, 0.4) is 0 Å². The predicted octanol–water partition coefficient (Wildman–Crippen LogP) is 3.13. The van der Waals surface area contributed by atoms with Gasteiger partial charge in [-0.3, -0.25) is 0 Å². The zero-order chi connectivity index (χ0) is 14.5. The molecule has 0 amide bonds. The van der Waals surface area contributed by atoms with Crippen molar-refractivity contribution in [2.24, 2.45) is 0 Å². The molecule has 0 spiro atoms. The van der Waals surface area contributed by atoms with E-state index in [4.69, 9.17) is 9.47 Å². The Kier molecular flexibility index (Phi) is 4.53. The Balaban J connectivity index is 1.48. The van der Waals surface area contributed by atoms with E-state index in [0.29, 0.717) is 13.2 Å². The van der Waals surface area contributed by atoms with Gasteiger partial charge in [0.05, 0.1) is 0 Å². The molecule has 2 atom stereocenters. The molecule has 0 aromatic heterocycles. The third kappa shape index (κ3) is 3.43. The molecule has 2 aromatic rings. The van der Waals surface area contributed by atoms with E-state index in [9.17, 15) is 5.11 Å². The highest BCUT2D eigenvalue weighted by molar-refractivity contribution is 5.37. The average Bonchev–Trinajstić information content (AvgIpc) is 2.55. The lowest BCUT2D eigenvalue weighted by molar-refractivity contribution is -0.0725. The van der Waals surface area contributed by atoms with E-state index in [-0.39, 0.29) is 6.10 Å². The van der Waals surface area contributed by atoms with Gasteiger partial charge in [0.15, 0.2) is 0 Å². The summed E-state index contributed by atoms with van der Waals surface area (Å²) >= 11 is 0. The lowest BCUT2D eigenvalue weighted by Crippen LogP contribution is -2.33. The van der Waals surface area contributed by atoms with Crippen LogP contribution in [-0.2, 0) is 11.2 Å². The second-order valence-corrected chi connectivity index (χ2v) is 5.29. The van der Waals surface area contributed by atoms with E-state index in [1.54, 1.807) is 0 Å². The summed E-state index contributed by atoms with van der Waals surface area (Å²) < 4.78 is 11.4. The van der Waals surface area contributed by atoms with Crippen molar-refractivity contribution < 1.29 is 14.6 Å². The Labute approximate surface area is 125 Å². The zero-order valence-electron chi connectivity index (χ0n) is 11.9. The Morgan fingerprint density at radius 1 is 1.05 bits per heavy atom. The van der Waals surface area contributed by atoms with Crippen LogP contribution in [0.2, 0.25) is 0 Å². The van der Waals surface area contributed by atoms with Crippen molar-refractivity contribution >= 4 is 0 Å². The number of fused-ring (bicyclic) bond motifs is 1. The van der Waals surface area contributed by atoms with Gasteiger partial charge in [0.2, 0.25) is 0 Å². The summed E-state index contributed by atoms with van der Waals surface area (Å²) in [6, 6.07) is 17.9. The number of hydrogen-bond donors (Lipinski definition) is 1. The molecule has 110 valence electrons. The summed E-state index contributed by atoms with van der Waals surface area (Å²) in [5, 5.41) is 10.3. The van der Waals surface area contributed by atoms with Gasteiger partial charge in [0.25, 0.3) is 0 Å². The van der Waals surface area contributed by atoms with Crippen LogP contribution in [0.25, 0.3) is 0 Å². The number of para-hydroxylation sites is 1. The topological polar surface area (TPSA) is 38.7 Å². The molecule has 3 heteroatoms. The van der Waals surface area contributed by atoms with Gasteiger partial charge in [-0.2, -0.15) is 0 Å². The van der Waals surface area contributed by atoms with Crippen molar-refractivity contribution in [1.82, 2.24) is 0 Å². The molecule has 2 unspecified atom stereocenters. The Bertz CT molecular complexity index is 568. The first-order valence-corrected chi connectivity index (χ1v) is 7.40. The molecule has 0 radical (unpaired) electrons. The molecule has 3 rings (SSSR count). The van der Waals surface area contributed by atoms with Crippen LogP contribution in [0.1, 0.15) is 23.7 Å². The lowest BCUT2D eigenvalue weighted by atomic mass is 10.0. The number of ether oxygens (including phenoxy) is 2. The number of benzene rings is 2. The van der Waals surface area contributed by atoms with Crippen molar-refractivity contribution in [2.45, 2.75) is 25.0 Å². The molecule has 1 heterocycles. The van der Waals surface area contributed by atoms with E-state index < -0.39 is 6.10 Å². The molecule has 0 bridgehead atoms. The van der Waals surface area contributed by atoms with Crippen molar-refractivity contribution in [3.8, 4) is 5.75 Å². The van der Waals surface area contributed by atoms with Crippen LogP contribution < -0.4 is 4.74 Å². The summed E-state index contributed by atoms with van der Waals surface area (Å²) in [6.07, 6.45) is 1.04. The second-order valence-electron chi connectivity index (χ2n) is 5.29. The largest absolute Gasteiger partial charge is 0.490 e. The predicted molar refractivity (Wildman–Crippen MR) is 81.4 cm³/mol. The summed E-state index contributed by atoms with van der Waals surface area (Å²) in [5.41, 5.74) is 2.13. The molecule has 3 nitrogen and oxygen atoms in total. The van der Waals surface area contributed by atoms with E-state index >= 15 is 0 Å². The normalized spacial score (nSPS) is 20.6. The summed E-state index contributed by atoms with van der Waals surface area (Å²) in [5.74, 6) is 0.758. The van der Waals surface area contributed by atoms with Gasteiger partial charge in [-0.05, 0) is 24.5 Å². The Morgan fingerprint density at radius 3 is 2.67 bits per heavy atom. The fraction of sp³-hybridized carbons (Fsp3) is 0.333. The molecule has 2 aromatic carbocycles. The standard InChI is InChI=1S/C18H20O3/c19-18-15-10-4-5-11-16(15)21-13-17(18)20-12-6-9-14-7-2-1-3-8-14/h1-5,7-8,10-11,17-19H,6,9,12-13H2. The summed E-state index contributed by atoms with van der Waals surface area (Å²) in [4.78, 5) is 0. The van der Waals surface area contributed by atoms with Gasteiger partial charge in [0.1, 0.15) is 24.6 Å². The van der Waals surface area contributed by atoms with E-state index in [1.807, 2.05) is 42.5 Å². The summed E-state index contributed by atoms with van der Waals surface area (Å²) in [7, 11) is 0. The first-order valence-electron chi connectivity index (χ1n) is 7.40. The van der Waals surface area contributed by atoms with Crippen LogP contribution in [0.15, 0.2) is 54.6 Å². The fourth-order valence-corrected chi connectivity index (χ4v) is 2.61. The molecular weight excluding hydrogens is 264 g/mol. The molecule has 1 aliphatic heterocycles. The number of aliphatic hydroxyl groups is 1. The molecular formula is C18H20O3. The third-order valence-electron chi connectivity index (χ3n) is 3.78. The molecule has 0 saturated carbocycles. The minimum Gasteiger partial charge on any atom is -0.490 e. The lowest BCUT2D eigenvalue weighted by Gasteiger charge is -2.30. The van der Waals surface area contributed by atoms with Crippen LogP contribution in [-0.4, -0.2) is 24.4 Å². The Morgan fingerprint density at radius 2 is 1.81 bits per heavy atom. The average molecular weight is 284 g/mol. The highest BCUT2D eigenvalue weighted by atomic mass is 16.5.